The predicted molar refractivity (Wildman–Crippen MR) is 169 cm³/mol. The second kappa shape index (κ2) is 12.3. The van der Waals surface area contributed by atoms with Crippen LogP contribution in [0.1, 0.15) is 42.0 Å². The van der Waals surface area contributed by atoms with Crippen molar-refractivity contribution < 1.29 is 50.2 Å². The highest BCUT2D eigenvalue weighted by Crippen LogP contribution is 2.54. The zero-order chi connectivity index (χ0) is 36.6. The maximum Gasteiger partial charge on any atom is 0.416 e. The lowest BCUT2D eigenvalue weighted by Gasteiger charge is -2.50. The minimum atomic E-state index is -4.97. The van der Waals surface area contributed by atoms with Crippen LogP contribution in [-0.2, 0) is 37.1 Å². The van der Waals surface area contributed by atoms with Crippen molar-refractivity contribution in [1.29, 1.82) is 0 Å². The maximum atomic E-state index is 15.8. The van der Waals surface area contributed by atoms with Crippen LogP contribution in [0.5, 0.6) is 0 Å². The van der Waals surface area contributed by atoms with Gasteiger partial charge in [0, 0.05) is 30.4 Å². The van der Waals surface area contributed by atoms with Gasteiger partial charge in [0.15, 0.2) is 11.1 Å². The van der Waals surface area contributed by atoms with E-state index in [0.717, 1.165) is 38.1 Å². The van der Waals surface area contributed by atoms with Gasteiger partial charge in [0.1, 0.15) is 12.4 Å². The van der Waals surface area contributed by atoms with Crippen LogP contribution in [0.3, 0.4) is 0 Å². The summed E-state index contributed by atoms with van der Waals surface area (Å²) in [5.41, 5.74) is -4.55. The van der Waals surface area contributed by atoms with Crippen LogP contribution in [0.15, 0.2) is 54.9 Å². The van der Waals surface area contributed by atoms with Gasteiger partial charge in [0.2, 0.25) is 5.91 Å². The normalized spacial score (nSPS) is 25.5. The molecule has 1 N–H and O–H groups in total. The van der Waals surface area contributed by atoms with E-state index in [-0.39, 0.29) is 17.2 Å². The molecule has 8 rings (SSSR count). The van der Waals surface area contributed by atoms with Crippen LogP contribution in [0, 0.1) is 5.82 Å². The molecule has 276 valence electrons. The fourth-order valence-electron chi connectivity index (χ4n) is 7.88. The monoisotopic (exact) mass is 732 g/mol. The fourth-order valence-corrected chi connectivity index (χ4v) is 7.88. The molecule has 4 fully saturated rings. The number of alkyl halides is 5. The number of urea groups is 1. The van der Waals surface area contributed by atoms with E-state index in [0.29, 0.717) is 40.2 Å². The molecular weight excluding hydrogens is 698 g/mol. The Balaban J connectivity index is 1.04. The molecule has 0 radical (unpaired) electrons. The predicted octanol–water partition coefficient (Wildman–Crippen LogP) is 4.33. The number of hydrogen-bond donors (Lipinski definition) is 1. The van der Waals surface area contributed by atoms with Gasteiger partial charge in [-0.15, -0.1) is 0 Å². The Hall–Kier alpha value is -4.48. The number of rotatable bonds is 8. The van der Waals surface area contributed by atoms with Gasteiger partial charge < -0.3 is 19.7 Å². The molecule has 0 saturated carbocycles. The second-order valence-corrected chi connectivity index (χ2v) is 14.2. The molecule has 5 heterocycles. The van der Waals surface area contributed by atoms with Crippen LogP contribution >= 0.6 is 0 Å². The van der Waals surface area contributed by atoms with Crippen LogP contribution < -0.4 is 5.32 Å². The average Bonchev–Trinajstić information content (AvgIpc) is 3.69. The van der Waals surface area contributed by atoms with Crippen LogP contribution in [0.4, 0.5) is 31.1 Å². The summed E-state index contributed by atoms with van der Waals surface area (Å²) in [6.45, 7) is -0.450. The largest absolute Gasteiger partial charge is 0.416 e. The van der Waals surface area contributed by atoms with Gasteiger partial charge in [0.25, 0.3) is 11.8 Å². The van der Waals surface area contributed by atoms with Gasteiger partial charge in [-0.2, -0.15) is 18.3 Å². The summed E-state index contributed by atoms with van der Waals surface area (Å²) in [4.78, 5) is 44.0. The molecule has 2 aromatic carbocycles. The maximum absolute atomic E-state index is 15.8. The number of likely N-dealkylation sites (tertiary alicyclic amines) is 1. The van der Waals surface area contributed by atoms with E-state index in [1.807, 2.05) is 4.68 Å². The number of aromatic nitrogens is 2. The summed E-state index contributed by atoms with van der Waals surface area (Å²) in [5, 5.41) is 6.86. The summed E-state index contributed by atoms with van der Waals surface area (Å²) in [6.07, 6.45) is -0.839. The number of ether oxygens (including phenoxy) is 2. The molecule has 1 spiro atoms. The number of amides is 4. The number of nitrogens with one attached hydrogen (secondary N) is 1. The van der Waals surface area contributed by atoms with E-state index < -0.39 is 85.1 Å². The Kier molecular flexibility index (Phi) is 8.18. The van der Waals surface area contributed by atoms with Gasteiger partial charge in [-0.1, -0.05) is 24.3 Å². The molecule has 17 heteroatoms. The lowest BCUT2D eigenvalue weighted by atomic mass is 9.90. The Morgan fingerprint density at radius 3 is 2.40 bits per heavy atom. The number of benzene rings is 2. The van der Waals surface area contributed by atoms with Gasteiger partial charge in [-0.25, -0.2) is 18.0 Å². The van der Waals surface area contributed by atoms with E-state index in [2.05, 4.69) is 15.3 Å². The summed E-state index contributed by atoms with van der Waals surface area (Å²) < 4.78 is 100. The number of nitrogens with zero attached hydrogens (tertiary/aromatic N) is 5. The van der Waals surface area contributed by atoms with Crippen molar-refractivity contribution in [3.8, 4) is 11.1 Å². The van der Waals surface area contributed by atoms with Gasteiger partial charge in [0.05, 0.1) is 51.1 Å². The minimum Gasteiger partial charge on any atom is -0.378 e. The molecule has 0 unspecified atom stereocenters. The van der Waals surface area contributed by atoms with Crippen molar-refractivity contribution in [1.82, 2.24) is 29.8 Å². The first-order chi connectivity index (χ1) is 24.7. The molecule has 52 heavy (non-hydrogen) atoms. The van der Waals surface area contributed by atoms with E-state index in [1.165, 1.54) is 24.3 Å². The molecule has 2 atom stereocenters. The van der Waals surface area contributed by atoms with Crippen LogP contribution in [0.25, 0.3) is 11.1 Å². The summed E-state index contributed by atoms with van der Waals surface area (Å²) in [7, 11) is 0. The molecule has 11 nitrogen and oxygen atoms in total. The number of piperidine rings is 1. The smallest absolute Gasteiger partial charge is 0.378 e. The van der Waals surface area contributed by atoms with E-state index in [9.17, 15) is 31.9 Å². The highest BCUT2D eigenvalue weighted by atomic mass is 19.4. The quantitative estimate of drug-likeness (QED) is 0.272. The van der Waals surface area contributed by atoms with Crippen molar-refractivity contribution in [3.05, 3.63) is 77.4 Å². The zero-order valence-corrected chi connectivity index (χ0v) is 27.7. The Morgan fingerprint density at radius 2 is 1.75 bits per heavy atom. The summed E-state index contributed by atoms with van der Waals surface area (Å²) >= 11 is 0. The highest BCUT2D eigenvalue weighted by Gasteiger charge is 2.67. The molecular formula is C35H34F6N6O5. The van der Waals surface area contributed by atoms with Gasteiger partial charge in [-0.3, -0.25) is 24.1 Å². The Labute approximate surface area is 293 Å². The number of imide groups is 1. The van der Waals surface area contributed by atoms with Crippen molar-refractivity contribution in [2.75, 3.05) is 46.1 Å². The van der Waals surface area contributed by atoms with E-state index >= 15 is 8.78 Å². The molecule has 4 saturated heterocycles. The average molecular weight is 733 g/mol. The molecule has 0 bridgehead atoms. The molecule has 1 aromatic heterocycles. The first-order valence-electron chi connectivity index (χ1n) is 16.9. The number of carbonyl (C=O) groups is 3. The lowest BCUT2D eigenvalue weighted by molar-refractivity contribution is -0.302. The number of fused-ring (bicyclic) bond motifs is 2. The first kappa shape index (κ1) is 34.6. The standard InChI is InChI=1S/C35H34F6N6O5/c36-24-6-3-21(4-7-24)12-46(32(19-52-20-32)35(39,40)41)29(48)15-45-30(49)33(43-31(45)50)18-34(37,38)28-10-22(5-8-27(28)33)23-11-42-47(13-23)25-2-1-9-44(14-25)26-16-51-17-26/h3-8,10-11,13,25-26H,1-2,9,12,14-20H2,(H,43,50)/t25-,33-/m0/s1. The van der Waals surface area contributed by atoms with Crippen molar-refractivity contribution in [2.45, 2.75) is 61.1 Å². The molecule has 4 amide bonds. The lowest BCUT2D eigenvalue weighted by Crippen LogP contribution is -2.72. The zero-order valence-electron chi connectivity index (χ0n) is 27.7. The Bertz CT molecular complexity index is 1910. The van der Waals surface area contributed by atoms with Crippen molar-refractivity contribution >= 4 is 17.8 Å². The van der Waals surface area contributed by atoms with Crippen LogP contribution in [0.2, 0.25) is 0 Å². The fraction of sp³-hybridized carbons (Fsp3) is 0.486. The number of hydrogen-bond acceptors (Lipinski definition) is 7. The second-order valence-electron chi connectivity index (χ2n) is 14.2. The van der Waals surface area contributed by atoms with E-state index in [4.69, 9.17) is 9.47 Å². The third kappa shape index (κ3) is 5.55. The van der Waals surface area contributed by atoms with Gasteiger partial charge in [-0.05, 0) is 54.3 Å². The molecule has 4 aliphatic heterocycles. The minimum absolute atomic E-state index is 0.0942. The molecule has 3 aromatic rings. The SMILES string of the molecule is O=C1N[C@]2(CC(F)(F)c3cc(-c4cnn([C@H]5CCCN(C6COC6)C5)c4)ccc32)C(=O)N1CC(=O)N(Cc1ccc(F)cc1)C1(C(F)(F)F)COC1. The Morgan fingerprint density at radius 1 is 1.00 bits per heavy atom. The topological polar surface area (TPSA) is 109 Å². The molecule has 1 aliphatic carbocycles. The highest BCUT2D eigenvalue weighted by molar-refractivity contribution is 6.10. The third-order valence-electron chi connectivity index (χ3n) is 11.0. The van der Waals surface area contributed by atoms with Gasteiger partial charge >= 0.3 is 12.2 Å². The number of carbonyl (C=O) groups excluding carboxylic acids is 3. The van der Waals surface area contributed by atoms with E-state index in [1.54, 1.807) is 18.5 Å². The van der Waals surface area contributed by atoms with Crippen molar-refractivity contribution in [3.63, 3.8) is 0 Å². The summed E-state index contributed by atoms with van der Waals surface area (Å²) in [5.74, 6) is -6.69. The first-order valence-corrected chi connectivity index (χ1v) is 16.9. The van der Waals surface area contributed by atoms with Crippen molar-refractivity contribution in [2.24, 2.45) is 0 Å². The van der Waals surface area contributed by atoms with Crippen LogP contribution in [-0.4, -0.2) is 106 Å². The number of halogens is 6. The summed E-state index contributed by atoms with van der Waals surface area (Å²) in [6, 6.07) is 7.84. The molecule has 5 aliphatic rings. The third-order valence-corrected chi connectivity index (χ3v) is 11.0.